The molecule has 0 aliphatic carbocycles. The third kappa shape index (κ3) is 3.57. The first-order valence-electron chi connectivity index (χ1n) is 6.62. The molecule has 0 aliphatic rings. The van der Waals surface area contributed by atoms with Crippen molar-refractivity contribution in [2.75, 3.05) is 13.1 Å². The lowest BCUT2D eigenvalue weighted by atomic mass is 10.2. The molecule has 0 aliphatic heterocycles. The Morgan fingerprint density at radius 1 is 1.15 bits per heavy atom. The molecular weight excluding hydrogens is 272 g/mol. The fourth-order valence-electron chi connectivity index (χ4n) is 1.75. The summed E-state index contributed by atoms with van der Waals surface area (Å²) in [4.78, 5) is 24.0. The van der Waals surface area contributed by atoms with Crippen molar-refractivity contribution in [2.45, 2.75) is 13.8 Å². The highest BCUT2D eigenvalue weighted by atomic mass is 32.1. The molecule has 0 atom stereocenters. The number of carbonyl (C=O) groups excluding carboxylic acids is 2. The van der Waals surface area contributed by atoms with E-state index in [0.717, 1.165) is 10.1 Å². The maximum absolute atomic E-state index is 12.0. The van der Waals surface area contributed by atoms with Gasteiger partial charge >= 0.3 is 0 Å². The molecule has 20 heavy (non-hydrogen) atoms. The van der Waals surface area contributed by atoms with E-state index in [2.05, 4.69) is 10.6 Å². The highest BCUT2D eigenvalue weighted by Gasteiger charge is 2.10. The van der Waals surface area contributed by atoms with E-state index >= 15 is 0 Å². The van der Waals surface area contributed by atoms with Crippen LogP contribution in [0, 0.1) is 5.92 Å². The lowest BCUT2D eigenvalue weighted by Crippen LogP contribution is -2.36. The summed E-state index contributed by atoms with van der Waals surface area (Å²) in [6.07, 6.45) is 0. The van der Waals surface area contributed by atoms with Crippen molar-refractivity contribution in [2.24, 2.45) is 5.92 Å². The Morgan fingerprint density at radius 2 is 1.85 bits per heavy atom. The van der Waals surface area contributed by atoms with Gasteiger partial charge in [-0.2, -0.15) is 0 Å². The summed E-state index contributed by atoms with van der Waals surface area (Å²) in [5.41, 5.74) is 0. The fourth-order valence-corrected chi connectivity index (χ4v) is 2.73. The lowest BCUT2D eigenvalue weighted by Gasteiger charge is -2.08. The monoisotopic (exact) mass is 290 g/mol. The largest absolute Gasteiger partial charge is 0.354 e. The fraction of sp³-hybridized carbons (Fsp3) is 0.333. The van der Waals surface area contributed by atoms with E-state index in [4.69, 9.17) is 0 Å². The number of amides is 2. The van der Waals surface area contributed by atoms with Gasteiger partial charge in [0.05, 0.1) is 4.88 Å². The number of benzene rings is 1. The predicted molar refractivity (Wildman–Crippen MR) is 82.0 cm³/mol. The van der Waals surface area contributed by atoms with Crippen LogP contribution < -0.4 is 10.6 Å². The zero-order chi connectivity index (χ0) is 14.5. The first-order valence-corrected chi connectivity index (χ1v) is 7.44. The van der Waals surface area contributed by atoms with Crippen molar-refractivity contribution in [1.29, 1.82) is 0 Å². The Labute approximate surface area is 122 Å². The maximum Gasteiger partial charge on any atom is 0.261 e. The summed E-state index contributed by atoms with van der Waals surface area (Å²) in [5.74, 6) is -0.126. The molecule has 0 unspecified atom stereocenters. The highest BCUT2D eigenvalue weighted by Crippen LogP contribution is 2.24. The maximum atomic E-state index is 12.0. The Bertz CT molecular complexity index is 586. The summed E-state index contributed by atoms with van der Waals surface area (Å²) in [5, 5.41) is 6.66. The van der Waals surface area contributed by atoms with Crippen LogP contribution in [0.5, 0.6) is 0 Å². The molecule has 0 saturated heterocycles. The van der Waals surface area contributed by atoms with Crippen molar-refractivity contribution < 1.29 is 9.59 Å². The zero-order valence-electron chi connectivity index (χ0n) is 11.6. The Morgan fingerprint density at radius 3 is 2.55 bits per heavy atom. The molecule has 106 valence electrons. The van der Waals surface area contributed by atoms with Crippen molar-refractivity contribution >= 4 is 33.2 Å². The van der Waals surface area contributed by atoms with E-state index in [9.17, 15) is 9.59 Å². The van der Waals surface area contributed by atoms with Gasteiger partial charge in [0, 0.05) is 23.7 Å². The van der Waals surface area contributed by atoms with Crippen LogP contribution in [0.15, 0.2) is 30.3 Å². The number of fused-ring (bicyclic) bond motifs is 1. The smallest absolute Gasteiger partial charge is 0.261 e. The number of thiophene rings is 1. The van der Waals surface area contributed by atoms with Crippen LogP contribution in [0.2, 0.25) is 0 Å². The summed E-state index contributed by atoms with van der Waals surface area (Å²) >= 11 is 1.48. The summed E-state index contributed by atoms with van der Waals surface area (Å²) < 4.78 is 1.10. The van der Waals surface area contributed by atoms with E-state index in [1.54, 1.807) is 0 Å². The number of hydrogen-bond donors (Lipinski definition) is 2. The van der Waals surface area contributed by atoms with Crippen LogP contribution in [-0.4, -0.2) is 24.9 Å². The number of nitrogens with one attached hydrogen (secondary N) is 2. The number of carbonyl (C=O) groups is 2. The van der Waals surface area contributed by atoms with Crippen LogP contribution in [0.25, 0.3) is 10.1 Å². The molecule has 2 rings (SSSR count). The molecule has 2 amide bonds. The van der Waals surface area contributed by atoms with Crippen molar-refractivity contribution in [1.82, 2.24) is 10.6 Å². The minimum atomic E-state index is -0.0926. The van der Waals surface area contributed by atoms with Crippen LogP contribution in [0.1, 0.15) is 23.5 Å². The van der Waals surface area contributed by atoms with Gasteiger partial charge in [0.25, 0.3) is 5.91 Å². The topological polar surface area (TPSA) is 58.2 Å². The molecule has 0 radical (unpaired) electrons. The molecule has 0 saturated carbocycles. The van der Waals surface area contributed by atoms with Gasteiger partial charge in [-0.25, -0.2) is 0 Å². The molecule has 0 spiro atoms. The second kappa shape index (κ2) is 6.52. The van der Waals surface area contributed by atoms with E-state index in [1.807, 2.05) is 44.2 Å². The lowest BCUT2D eigenvalue weighted by molar-refractivity contribution is -0.123. The molecule has 0 fully saturated rings. The summed E-state index contributed by atoms with van der Waals surface area (Å²) in [6, 6.07) is 9.80. The second-order valence-corrected chi connectivity index (χ2v) is 5.93. The minimum Gasteiger partial charge on any atom is -0.354 e. The van der Waals surface area contributed by atoms with Gasteiger partial charge in [-0.05, 0) is 17.5 Å². The molecule has 1 heterocycles. The van der Waals surface area contributed by atoms with Crippen LogP contribution in [0.4, 0.5) is 0 Å². The second-order valence-electron chi connectivity index (χ2n) is 4.85. The van der Waals surface area contributed by atoms with Gasteiger partial charge < -0.3 is 10.6 Å². The van der Waals surface area contributed by atoms with Gasteiger partial charge in [-0.1, -0.05) is 32.0 Å². The number of rotatable bonds is 5. The zero-order valence-corrected chi connectivity index (χ0v) is 12.4. The van der Waals surface area contributed by atoms with Crippen LogP contribution in [-0.2, 0) is 4.79 Å². The molecule has 2 N–H and O–H groups in total. The summed E-state index contributed by atoms with van der Waals surface area (Å²) in [7, 11) is 0. The van der Waals surface area contributed by atoms with E-state index in [0.29, 0.717) is 18.0 Å². The van der Waals surface area contributed by atoms with E-state index < -0.39 is 0 Å². The normalized spacial score (nSPS) is 10.8. The van der Waals surface area contributed by atoms with Crippen molar-refractivity contribution in [3.05, 3.63) is 35.2 Å². The molecule has 5 heteroatoms. The minimum absolute atomic E-state index is 0.00103. The van der Waals surface area contributed by atoms with E-state index in [1.165, 1.54) is 11.3 Å². The Kier molecular flexibility index (Phi) is 4.74. The summed E-state index contributed by atoms with van der Waals surface area (Å²) in [6.45, 7) is 4.56. The van der Waals surface area contributed by atoms with Gasteiger partial charge in [0.15, 0.2) is 0 Å². The molecule has 4 nitrogen and oxygen atoms in total. The first kappa shape index (κ1) is 14.5. The third-order valence-electron chi connectivity index (χ3n) is 2.88. The molecular formula is C15H18N2O2S. The van der Waals surface area contributed by atoms with Gasteiger partial charge in [0.1, 0.15) is 0 Å². The predicted octanol–water partition coefficient (Wildman–Crippen LogP) is 2.40. The molecule has 1 aromatic heterocycles. The average molecular weight is 290 g/mol. The number of hydrogen-bond acceptors (Lipinski definition) is 3. The Hall–Kier alpha value is -1.88. The van der Waals surface area contributed by atoms with Gasteiger partial charge in [0.2, 0.25) is 5.91 Å². The third-order valence-corrected chi connectivity index (χ3v) is 4.00. The van der Waals surface area contributed by atoms with E-state index in [-0.39, 0.29) is 17.7 Å². The van der Waals surface area contributed by atoms with Gasteiger partial charge in [-0.3, -0.25) is 9.59 Å². The molecule has 2 aromatic rings. The van der Waals surface area contributed by atoms with Crippen molar-refractivity contribution in [3.63, 3.8) is 0 Å². The van der Waals surface area contributed by atoms with Crippen LogP contribution in [0.3, 0.4) is 0 Å². The average Bonchev–Trinajstić information content (AvgIpc) is 2.86. The van der Waals surface area contributed by atoms with Gasteiger partial charge in [-0.15, -0.1) is 11.3 Å². The SMILES string of the molecule is CC(C)C(=O)NCCNC(=O)c1cc2ccccc2s1. The van der Waals surface area contributed by atoms with Crippen LogP contribution >= 0.6 is 11.3 Å². The quantitative estimate of drug-likeness (QED) is 0.831. The molecule has 0 bridgehead atoms. The van der Waals surface area contributed by atoms with Crippen molar-refractivity contribution in [3.8, 4) is 0 Å². The standard InChI is InChI=1S/C15H18N2O2S/c1-10(2)14(18)16-7-8-17-15(19)13-9-11-5-3-4-6-12(11)20-13/h3-6,9-10H,7-8H2,1-2H3,(H,16,18)(H,17,19). The molecule has 1 aromatic carbocycles. The Balaban J connectivity index is 1.84. The first-order chi connectivity index (χ1) is 9.58. The highest BCUT2D eigenvalue weighted by molar-refractivity contribution is 7.20.